The molecule has 2 aromatic rings. The number of aromatic nitrogens is 1. The van der Waals surface area contributed by atoms with E-state index in [9.17, 15) is 4.79 Å². The quantitative estimate of drug-likeness (QED) is 0.490. The van der Waals surface area contributed by atoms with E-state index in [-0.39, 0.29) is 17.9 Å². The Hall–Kier alpha value is -3.86. The molecule has 37 heavy (non-hydrogen) atoms. The van der Waals surface area contributed by atoms with Gasteiger partial charge in [0, 0.05) is 38.8 Å². The van der Waals surface area contributed by atoms with Crippen molar-refractivity contribution in [2.24, 2.45) is 5.92 Å². The predicted octanol–water partition coefficient (Wildman–Crippen LogP) is 2.03. The third kappa shape index (κ3) is 8.35. The Morgan fingerprint density at radius 1 is 0.973 bits per heavy atom. The third-order valence-electron chi connectivity index (χ3n) is 6.01. The molecule has 1 atom stereocenters. The second-order valence-corrected chi connectivity index (χ2v) is 9.11. The number of nitrogens with zero attached hydrogens (tertiary/aromatic N) is 3. The summed E-state index contributed by atoms with van der Waals surface area (Å²) in [7, 11) is 0. The van der Waals surface area contributed by atoms with Gasteiger partial charge in [0.2, 0.25) is 5.91 Å². The van der Waals surface area contributed by atoms with Gasteiger partial charge in [-0.05, 0) is 35.7 Å². The van der Waals surface area contributed by atoms with Crippen LogP contribution in [-0.4, -0.2) is 83.9 Å². The number of nitrogens with one attached hydrogen (secondary N) is 1. The fraction of sp³-hybridized carbons (Fsp3) is 0.462. The monoisotopic (exact) mass is 514 g/mol. The van der Waals surface area contributed by atoms with E-state index in [1.54, 1.807) is 0 Å². The molecule has 0 aliphatic carbocycles. The minimum absolute atomic E-state index is 0.0529. The Kier molecular flexibility index (Phi) is 10.1. The second kappa shape index (κ2) is 13.4. The summed E-state index contributed by atoms with van der Waals surface area (Å²) in [5.41, 5.74) is 1.05. The number of rotatable bonds is 6. The summed E-state index contributed by atoms with van der Waals surface area (Å²) in [6, 6.07) is 11.9. The van der Waals surface area contributed by atoms with Crippen LogP contribution in [0.4, 0.5) is 5.82 Å². The van der Waals surface area contributed by atoms with Gasteiger partial charge in [0.1, 0.15) is 5.82 Å². The van der Waals surface area contributed by atoms with Crippen LogP contribution in [0, 0.1) is 5.92 Å². The zero-order chi connectivity index (χ0) is 26.8. The molecular weight excluding hydrogens is 480 g/mol. The smallest absolute Gasteiger partial charge is 0.414 e. The SMILES string of the molecule is CC(C)C(NC(=O)CN1CCN(c2ccccn2)CC1)c1ccc2c(c1)OCCCO2.O=C(O)C(=O)O. The molecule has 1 unspecified atom stereocenters. The van der Waals surface area contributed by atoms with Crippen LogP contribution in [-0.2, 0) is 14.4 Å². The van der Waals surface area contributed by atoms with Gasteiger partial charge < -0.3 is 29.9 Å². The summed E-state index contributed by atoms with van der Waals surface area (Å²) in [6.45, 7) is 9.42. The van der Waals surface area contributed by atoms with E-state index >= 15 is 0 Å². The van der Waals surface area contributed by atoms with Gasteiger partial charge in [-0.2, -0.15) is 0 Å². The summed E-state index contributed by atoms with van der Waals surface area (Å²) in [4.78, 5) is 40.0. The number of amides is 1. The maximum Gasteiger partial charge on any atom is 0.414 e. The molecule has 1 aromatic heterocycles. The number of carbonyl (C=O) groups excluding carboxylic acids is 1. The number of piperazine rings is 1. The molecule has 1 aromatic carbocycles. The van der Waals surface area contributed by atoms with Crippen LogP contribution in [0.15, 0.2) is 42.6 Å². The Labute approximate surface area is 216 Å². The molecule has 0 saturated carbocycles. The Morgan fingerprint density at radius 2 is 1.65 bits per heavy atom. The summed E-state index contributed by atoms with van der Waals surface area (Å²) >= 11 is 0. The van der Waals surface area contributed by atoms with Crippen LogP contribution >= 0.6 is 0 Å². The average molecular weight is 515 g/mol. The highest BCUT2D eigenvalue weighted by atomic mass is 16.5. The van der Waals surface area contributed by atoms with Crippen molar-refractivity contribution in [3.63, 3.8) is 0 Å². The Bertz CT molecular complexity index is 1040. The van der Waals surface area contributed by atoms with Crippen LogP contribution < -0.4 is 19.7 Å². The first-order chi connectivity index (χ1) is 17.7. The van der Waals surface area contributed by atoms with Gasteiger partial charge in [0.25, 0.3) is 0 Å². The van der Waals surface area contributed by atoms with Crippen LogP contribution in [0.3, 0.4) is 0 Å². The number of aliphatic carboxylic acids is 2. The van der Waals surface area contributed by atoms with Crippen molar-refractivity contribution in [2.45, 2.75) is 26.3 Å². The lowest BCUT2D eigenvalue weighted by Gasteiger charge is -2.35. The molecule has 0 bridgehead atoms. The molecule has 3 heterocycles. The largest absolute Gasteiger partial charge is 0.490 e. The molecule has 1 saturated heterocycles. The normalized spacial score (nSPS) is 16.1. The summed E-state index contributed by atoms with van der Waals surface area (Å²) in [5.74, 6) is -0.793. The van der Waals surface area contributed by atoms with E-state index in [1.165, 1.54) is 0 Å². The van der Waals surface area contributed by atoms with E-state index in [2.05, 4.69) is 33.9 Å². The molecule has 0 spiro atoms. The molecule has 4 rings (SSSR count). The molecule has 3 N–H and O–H groups in total. The van der Waals surface area contributed by atoms with Crippen molar-refractivity contribution in [3.05, 3.63) is 48.2 Å². The van der Waals surface area contributed by atoms with Crippen molar-refractivity contribution >= 4 is 23.7 Å². The van der Waals surface area contributed by atoms with E-state index in [1.807, 2.05) is 42.6 Å². The molecule has 200 valence electrons. The van der Waals surface area contributed by atoms with Gasteiger partial charge in [-0.25, -0.2) is 14.6 Å². The van der Waals surface area contributed by atoms with Gasteiger partial charge in [-0.3, -0.25) is 9.69 Å². The van der Waals surface area contributed by atoms with Gasteiger partial charge >= 0.3 is 11.9 Å². The fourth-order valence-electron chi connectivity index (χ4n) is 4.11. The zero-order valence-electron chi connectivity index (χ0n) is 21.1. The van der Waals surface area contributed by atoms with Crippen LogP contribution in [0.1, 0.15) is 31.9 Å². The number of hydrogen-bond acceptors (Lipinski definition) is 8. The number of benzene rings is 1. The van der Waals surface area contributed by atoms with Gasteiger partial charge in [-0.15, -0.1) is 0 Å². The van der Waals surface area contributed by atoms with Crippen LogP contribution in [0.25, 0.3) is 0 Å². The Balaban J connectivity index is 0.000000568. The predicted molar refractivity (Wildman–Crippen MR) is 136 cm³/mol. The molecular formula is C26H34N4O7. The first-order valence-corrected chi connectivity index (χ1v) is 12.3. The number of pyridine rings is 1. The highest BCUT2D eigenvalue weighted by Crippen LogP contribution is 2.34. The minimum atomic E-state index is -1.82. The Morgan fingerprint density at radius 3 is 2.24 bits per heavy atom. The first kappa shape index (κ1) is 27.7. The lowest BCUT2D eigenvalue weighted by atomic mass is 9.95. The maximum absolute atomic E-state index is 12.9. The number of hydrogen-bond donors (Lipinski definition) is 3. The lowest BCUT2D eigenvalue weighted by Crippen LogP contribution is -2.50. The van der Waals surface area contributed by atoms with Gasteiger partial charge in [0.05, 0.1) is 25.8 Å². The number of fused-ring (bicyclic) bond motifs is 1. The summed E-state index contributed by atoms with van der Waals surface area (Å²) < 4.78 is 11.6. The van der Waals surface area contributed by atoms with Crippen molar-refractivity contribution in [3.8, 4) is 11.5 Å². The van der Waals surface area contributed by atoms with Crippen molar-refractivity contribution < 1.29 is 34.1 Å². The first-order valence-electron chi connectivity index (χ1n) is 12.3. The van der Waals surface area contributed by atoms with E-state index in [0.29, 0.717) is 19.8 Å². The lowest BCUT2D eigenvalue weighted by molar-refractivity contribution is -0.159. The standard InChI is InChI=1S/C24H32N4O3.C2H2O4/c1-18(2)24(19-7-8-20-21(16-19)31-15-5-14-30-20)26-23(29)17-27-10-12-28(13-11-27)22-6-3-4-9-25-22;3-1(4)2(5)6/h3-4,6-9,16,18,24H,5,10-15,17H2,1-2H3,(H,26,29);(H,3,4)(H,5,6). The molecule has 0 radical (unpaired) electrons. The van der Waals surface area contributed by atoms with E-state index < -0.39 is 11.9 Å². The number of carbonyl (C=O) groups is 3. The molecule has 2 aliphatic rings. The second-order valence-electron chi connectivity index (χ2n) is 9.11. The maximum atomic E-state index is 12.9. The topological polar surface area (TPSA) is 142 Å². The van der Waals surface area contributed by atoms with Crippen molar-refractivity contribution in [2.75, 3.05) is 50.8 Å². The summed E-state index contributed by atoms with van der Waals surface area (Å²) in [6.07, 6.45) is 2.70. The molecule has 1 amide bonds. The number of carboxylic acids is 2. The minimum Gasteiger partial charge on any atom is -0.490 e. The van der Waals surface area contributed by atoms with Crippen molar-refractivity contribution in [1.29, 1.82) is 0 Å². The number of carboxylic acid groups (broad SMARTS) is 2. The number of ether oxygens (including phenoxy) is 2. The van der Waals surface area contributed by atoms with Crippen LogP contribution in [0.5, 0.6) is 11.5 Å². The van der Waals surface area contributed by atoms with E-state index in [4.69, 9.17) is 29.3 Å². The third-order valence-corrected chi connectivity index (χ3v) is 6.01. The van der Waals surface area contributed by atoms with Crippen LogP contribution in [0.2, 0.25) is 0 Å². The highest BCUT2D eigenvalue weighted by molar-refractivity contribution is 6.27. The molecule has 1 fully saturated rings. The molecule has 2 aliphatic heterocycles. The zero-order valence-corrected chi connectivity index (χ0v) is 21.1. The van der Waals surface area contributed by atoms with E-state index in [0.717, 1.165) is 55.5 Å². The fourth-order valence-corrected chi connectivity index (χ4v) is 4.11. The van der Waals surface area contributed by atoms with Gasteiger partial charge in [-0.1, -0.05) is 26.0 Å². The molecule has 11 heteroatoms. The molecule has 11 nitrogen and oxygen atoms in total. The number of anilines is 1. The van der Waals surface area contributed by atoms with Crippen molar-refractivity contribution in [1.82, 2.24) is 15.2 Å². The average Bonchev–Trinajstić information content (AvgIpc) is 3.13. The highest BCUT2D eigenvalue weighted by Gasteiger charge is 2.24. The van der Waals surface area contributed by atoms with Gasteiger partial charge in [0.15, 0.2) is 11.5 Å². The summed E-state index contributed by atoms with van der Waals surface area (Å²) in [5, 5.41) is 18.0.